The van der Waals surface area contributed by atoms with E-state index < -0.39 is 5.60 Å². The standard InChI is InChI=1S/C14H23N3O2S/c1-3-10-5-7-14(19,8-6-10)9-15-13(18)12-11(4-2)16-17-20-12/h10,19H,3-9H2,1-2H3,(H,15,18). The molecule has 1 aliphatic rings. The number of aromatic nitrogens is 2. The van der Waals surface area contributed by atoms with Crippen LogP contribution in [0.3, 0.4) is 0 Å². The molecule has 1 heterocycles. The Morgan fingerprint density at radius 1 is 1.45 bits per heavy atom. The molecular formula is C14H23N3O2S. The van der Waals surface area contributed by atoms with Crippen LogP contribution in [0.2, 0.25) is 0 Å². The van der Waals surface area contributed by atoms with E-state index in [1.165, 1.54) is 6.42 Å². The van der Waals surface area contributed by atoms with E-state index in [0.717, 1.165) is 48.8 Å². The summed E-state index contributed by atoms with van der Waals surface area (Å²) in [7, 11) is 0. The average Bonchev–Trinajstić information content (AvgIpc) is 2.94. The Kier molecular flexibility index (Phi) is 5.10. The van der Waals surface area contributed by atoms with Gasteiger partial charge >= 0.3 is 0 Å². The molecule has 0 saturated heterocycles. The maximum Gasteiger partial charge on any atom is 0.265 e. The number of hydrogen-bond acceptors (Lipinski definition) is 5. The molecule has 0 bridgehead atoms. The molecule has 1 fully saturated rings. The van der Waals surface area contributed by atoms with Crippen LogP contribution in [0.5, 0.6) is 0 Å². The highest BCUT2D eigenvalue weighted by Crippen LogP contribution is 2.33. The highest BCUT2D eigenvalue weighted by atomic mass is 32.1. The molecule has 0 radical (unpaired) electrons. The van der Waals surface area contributed by atoms with Crippen molar-refractivity contribution in [3.8, 4) is 0 Å². The third kappa shape index (κ3) is 3.55. The van der Waals surface area contributed by atoms with Crippen LogP contribution in [0.25, 0.3) is 0 Å². The lowest BCUT2D eigenvalue weighted by atomic mass is 9.78. The zero-order valence-electron chi connectivity index (χ0n) is 12.2. The Hall–Kier alpha value is -1.01. The molecule has 2 rings (SSSR count). The first-order chi connectivity index (χ1) is 9.58. The molecule has 6 heteroatoms. The second kappa shape index (κ2) is 6.63. The Morgan fingerprint density at radius 3 is 2.75 bits per heavy atom. The van der Waals surface area contributed by atoms with Gasteiger partial charge in [-0.2, -0.15) is 0 Å². The summed E-state index contributed by atoms with van der Waals surface area (Å²) in [5.41, 5.74) is -0.0135. The monoisotopic (exact) mass is 297 g/mol. The lowest BCUT2D eigenvalue weighted by Crippen LogP contribution is -2.45. The molecule has 1 aromatic rings. The van der Waals surface area contributed by atoms with Crippen LogP contribution in [0.15, 0.2) is 0 Å². The molecule has 0 aliphatic heterocycles. The van der Waals surface area contributed by atoms with Crippen molar-refractivity contribution >= 4 is 17.4 Å². The minimum Gasteiger partial charge on any atom is -0.388 e. The van der Waals surface area contributed by atoms with Crippen molar-refractivity contribution in [1.82, 2.24) is 14.9 Å². The first-order valence-corrected chi connectivity index (χ1v) is 8.17. The Labute approximate surface area is 123 Å². The number of aliphatic hydroxyl groups is 1. The van der Waals surface area contributed by atoms with Crippen LogP contribution >= 0.6 is 11.5 Å². The second-order valence-electron chi connectivity index (χ2n) is 5.66. The van der Waals surface area contributed by atoms with Gasteiger partial charge in [-0.05, 0) is 49.6 Å². The number of carbonyl (C=O) groups excluding carboxylic acids is 1. The van der Waals surface area contributed by atoms with Crippen molar-refractivity contribution in [2.75, 3.05) is 6.54 Å². The minimum absolute atomic E-state index is 0.164. The molecule has 1 saturated carbocycles. The quantitative estimate of drug-likeness (QED) is 0.873. The fourth-order valence-electron chi connectivity index (χ4n) is 2.74. The molecule has 0 aromatic carbocycles. The molecule has 0 unspecified atom stereocenters. The van der Waals surface area contributed by atoms with E-state index in [1.54, 1.807) is 0 Å². The molecule has 20 heavy (non-hydrogen) atoms. The number of amides is 1. The zero-order chi connectivity index (χ0) is 14.6. The highest BCUT2D eigenvalue weighted by Gasteiger charge is 2.33. The molecule has 2 N–H and O–H groups in total. The number of rotatable bonds is 5. The number of nitrogens with one attached hydrogen (secondary N) is 1. The highest BCUT2D eigenvalue weighted by molar-refractivity contribution is 7.08. The number of nitrogens with zero attached hydrogens (tertiary/aromatic N) is 2. The van der Waals surface area contributed by atoms with Gasteiger partial charge in [-0.3, -0.25) is 4.79 Å². The molecule has 0 atom stereocenters. The van der Waals surface area contributed by atoms with E-state index in [2.05, 4.69) is 21.8 Å². The summed E-state index contributed by atoms with van der Waals surface area (Å²) in [5.74, 6) is 0.561. The van der Waals surface area contributed by atoms with E-state index in [0.29, 0.717) is 17.8 Å². The maximum atomic E-state index is 12.1. The lowest BCUT2D eigenvalue weighted by molar-refractivity contribution is -0.00784. The predicted octanol–water partition coefficient (Wildman–Crippen LogP) is 2.16. The first-order valence-electron chi connectivity index (χ1n) is 7.39. The summed E-state index contributed by atoms with van der Waals surface area (Å²) >= 11 is 1.12. The van der Waals surface area contributed by atoms with Gasteiger partial charge in [0.05, 0.1) is 11.3 Å². The third-order valence-corrected chi connectivity index (χ3v) is 5.06. The molecule has 1 amide bonds. The topological polar surface area (TPSA) is 75.1 Å². The van der Waals surface area contributed by atoms with Crippen molar-refractivity contribution in [2.45, 2.75) is 58.0 Å². The number of hydrogen-bond donors (Lipinski definition) is 2. The Balaban J connectivity index is 1.87. The Morgan fingerprint density at radius 2 is 2.15 bits per heavy atom. The molecule has 112 valence electrons. The number of aryl methyl sites for hydroxylation is 1. The molecular weight excluding hydrogens is 274 g/mol. The number of carbonyl (C=O) groups is 1. The van der Waals surface area contributed by atoms with Crippen molar-refractivity contribution in [1.29, 1.82) is 0 Å². The van der Waals surface area contributed by atoms with E-state index in [9.17, 15) is 9.90 Å². The predicted molar refractivity (Wildman–Crippen MR) is 78.8 cm³/mol. The van der Waals surface area contributed by atoms with Gasteiger partial charge in [0.2, 0.25) is 0 Å². The van der Waals surface area contributed by atoms with Gasteiger partial charge in [-0.25, -0.2) is 0 Å². The van der Waals surface area contributed by atoms with Crippen molar-refractivity contribution in [3.63, 3.8) is 0 Å². The van der Waals surface area contributed by atoms with E-state index in [-0.39, 0.29) is 5.91 Å². The van der Waals surface area contributed by atoms with Gasteiger partial charge < -0.3 is 10.4 Å². The summed E-state index contributed by atoms with van der Waals surface area (Å²) in [5, 5.41) is 17.3. The van der Waals surface area contributed by atoms with Gasteiger partial charge in [0, 0.05) is 6.54 Å². The zero-order valence-corrected chi connectivity index (χ0v) is 13.0. The van der Waals surface area contributed by atoms with Crippen molar-refractivity contribution in [3.05, 3.63) is 10.6 Å². The Bertz CT molecular complexity index is 453. The normalized spacial score (nSPS) is 26.4. The minimum atomic E-state index is -0.744. The maximum absolute atomic E-state index is 12.1. The van der Waals surface area contributed by atoms with Crippen LogP contribution in [0, 0.1) is 5.92 Å². The summed E-state index contributed by atoms with van der Waals surface area (Å²) in [6.45, 7) is 4.47. The summed E-state index contributed by atoms with van der Waals surface area (Å²) < 4.78 is 3.82. The molecule has 1 aliphatic carbocycles. The summed E-state index contributed by atoms with van der Waals surface area (Å²) in [6.07, 6.45) is 5.51. The fraction of sp³-hybridized carbons (Fsp3) is 0.786. The molecule has 5 nitrogen and oxygen atoms in total. The molecule has 0 spiro atoms. The third-order valence-electron chi connectivity index (χ3n) is 4.29. The van der Waals surface area contributed by atoms with E-state index in [4.69, 9.17) is 0 Å². The van der Waals surface area contributed by atoms with Crippen LogP contribution < -0.4 is 5.32 Å². The smallest absolute Gasteiger partial charge is 0.265 e. The van der Waals surface area contributed by atoms with Crippen LogP contribution in [-0.4, -0.2) is 32.7 Å². The second-order valence-corrected chi connectivity index (χ2v) is 6.42. The largest absolute Gasteiger partial charge is 0.388 e. The molecule has 1 aromatic heterocycles. The first kappa shape index (κ1) is 15.4. The SMILES string of the molecule is CCc1nnsc1C(=O)NCC1(O)CCC(CC)CC1. The van der Waals surface area contributed by atoms with Crippen LogP contribution in [-0.2, 0) is 6.42 Å². The van der Waals surface area contributed by atoms with Gasteiger partial charge in [-0.15, -0.1) is 5.10 Å². The van der Waals surface area contributed by atoms with Gasteiger partial charge in [-0.1, -0.05) is 24.8 Å². The summed E-state index contributed by atoms with van der Waals surface area (Å²) in [4.78, 5) is 12.7. The van der Waals surface area contributed by atoms with Crippen LogP contribution in [0.1, 0.15) is 61.3 Å². The average molecular weight is 297 g/mol. The van der Waals surface area contributed by atoms with Crippen molar-refractivity contribution in [2.24, 2.45) is 5.92 Å². The van der Waals surface area contributed by atoms with Gasteiger partial charge in [0.1, 0.15) is 4.88 Å². The fourth-order valence-corrected chi connectivity index (χ4v) is 3.40. The van der Waals surface area contributed by atoms with E-state index in [1.807, 2.05) is 6.92 Å². The lowest BCUT2D eigenvalue weighted by Gasteiger charge is -2.35. The van der Waals surface area contributed by atoms with Crippen molar-refractivity contribution < 1.29 is 9.90 Å². The van der Waals surface area contributed by atoms with Gasteiger partial charge in [0.25, 0.3) is 5.91 Å². The van der Waals surface area contributed by atoms with Gasteiger partial charge in [0.15, 0.2) is 0 Å². The van der Waals surface area contributed by atoms with E-state index >= 15 is 0 Å². The van der Waals surface area contributed by atoms with Crippen LogP contribution in [0.4, 0.5) is 0 Å². The summed E-state index contributed by atoms with van der Waals surface area (Å²) in [6, 6.07) is 0.